The quantitative estimate of drug-likeness (QED) is 0.0679. The molecule has 0 radical (unpaired) electrons. The molecule has 0 aromatic heterocycles. The molecule has 0 unspecified atom stereocenters. The zero-order chi connectivity index (χ0) is 36.6. The first kappa shape index (κ1) is 35.2. The molecule has 0 saturated heterocycles. The fourth-order valence-corrected chi connectivity index (χ4v) is 5.97. The van der Waals surface area contributed by atoms with Crippen molar-refractivity contribution in [3.63, 3.8) is 0 Å². The van der Waals surface area contributed by atoms with Crippen LogP contribution >= 0.6 is 0 Å². The van der Waals surface area contributed by atoms with Gasteiger partial charge in [-0.05, 0) is 88.5 Å². The second-order valence-corrected chi connectivity index (χ2v) is 12.6. The van der Waals surface area contributed by atoms with Crippen LogP contribution in [0.2, 0.25) is 0 Å². The lowest BCUT2D eigenvalue weighted by Crippen LogP contribution is -2.10. The van der Waals surface area contributed by atoms with Crippen LogP contribution in [0.25, 0.3) is 24.3 Å². The summed E-state index contributed by atoms with van der Waals surface area (Å²) in [6, 6.07) is 67.0. The number of hydrogen-bond donors (Lipinski definition) is 0. The van der Waals surface area contributed by atoms with E-state index in [2.05, 4.69) is 199 Å². The molecule has 0 spiro atoms. The monoisotopic (exact) mass is 695 g/mol. The molecular formula is C51H41N3. The molecule has 0 fully saturated rings. The van der Waals surface area contributed by atoms with Crippen LogP contribution in [0.15, 0.2) is 224 Å². The molecule has 7 aromatic rings. The number of hydrazone groups is 1. The van der Waals surface area contributed by atoms with Crippen molar-refractivity contribution >= 4 is 59.0 Å². The van der Waals surface area contributed by atoms with Crippen LogP contribution < -0.4 is 9.91 Å². The van der Waals surface area contributed by atoms with Crippen LogP contribution in [0, 0.1) is 0 Å². The molecule has 0 atom stereocenters. The van der Waals surface area contributed by atoms with Crippen LogP contribution in [0.5, 0.6) is 0 Å². The molecule has 54 heavy (non-hydrogen) atoms. The van der Waals surface area contributed by atoms with E-state index in [9.17, 15) is 0 Å². The van der Waals surface area contributed by atoms with E-state index in [1.54, 1.807) is 0 Å². The Morgan fingerprint density at radius 1 is 0.278 bits per heavy atom. The topological polar surface area (TPSA) is 18.8 Å². The average Bonchev–Trinajstić information content (AvgIpc) is 3.24. The Morgan fingerprint density at radius 3 is 0.926 bits per heavy atom. The molecule has 7 rings (SSSR count). The van der Waals surface area contributed by atoms with Crippen molar-refractivity contribution in [1.82, 2.24) is 0 Å². The van der Waals surface area contributed by atoms with E-state index < -0.39 is 0 Å². The van der Waals surface area contributed by atoms with Gasteiger partial charge in [0, 0.05) is 17.1 Å². The number of hydrogen-bond acceptors (Lipinski definition) is 3. The molecule has 0 N–H and O–H groups in total. The average molecular weight is 696 g/mol. The summed E-state index contributed by atoms with van der Waals surface area (Å²) in [7, 11) is 0. The lowest BCUT2D eigenvalue weighted by Gasteiger charge is -2.26. The van der Waals surface area contributed by atoms with Gasteiger partial charge < -0.3 is 4.90 Å². The van der Waals surface area contributed by atoms with E-state index in [-0.39, 0.29) is 0 Å². The van der Waals surface area contributed by atoms with Crippen LogP contribution in [-0.4, -0.2) is 6.21 Å². The minimum absolute atomic E-state index is 0.999. The van der Waals surface area contributed by atoms with Crippen LogP contribution in [0.1, 0.15) is 27.8 Å². The summed E-state index contributed by atoms with van der Waals surface area (Å²) >= 11 is 0. The van der Waals surface area contributed by atoms with E-state index in [0.717, 1.165) is 45.1 Å². The second kappa shape index (κ2) is 18.3. The van der Waals surface area contributed by atoms with Gasteiger partial charge in [-0.3, -0.25) is 0 Å². The first-order chi connectivity index (χ1) is 26.8. The first-order valence-corrected chi connectivity index (χ1v) is 18.1. The maximum atomic E-state index is 4.91. The summed E-state index contributed by atoms with van der Waals surface area (Å²) in [4.78, 5) is 2.28. The molecule has 0 aliphatic rings. The molecule has 3 heteroatoms. The number of nitrogens with zero attached hydrogens (tertiary/aromatic N) is 3. The van der Waals surface area contributed by atoms with Gasteiger partial charge >= 0.3 is 0 Å². The minimum atomic E-state index is 0.999. The number of allylic oxidation sites excluding steroid dienone is 4. The molecule has 0 saturated carbocycles. The van der Waals surface area contributed by atoms with Crippen LogP contribution in [0.3, 0.4) is 0 Å². The molecule has 0 amide bonds. The van der Waals surface area contributed by atoms with Gasteiger partial charge in [-0.2, -0.15) is 5.10 Å². The van der Waals surface area contributed by atoms with Gasteiger partial charge in [-0.15, -0.1) is 0 Å². The Kier molecular flexibility index (Phi) is 11.9. The summed E-state index contributed by atoms with van der Waals surface area (Å²) in [5.74, 6) is 0. The highest BCUT2D eigenvalue weighted by Gasteiger charge is 2.13. The molecule has 0 heterocycles. The highest BCUT2D eigenvalue weighted by molar-refractivity contribution is 5.84. The number of anilines is 5. The predicted molar refractivity (Wildman–Crippen MR) is 233 cm³/mol. The standard InChI is InChI=1S/C51H41N3/c1-5-17-42(18-6-1)21-13-15-23-44-29-35-47(36-30-44)53(48-37-31-45(32-38-48)24-16-14-22-43-19-7-2-8-20-43)49-39-33-46(34-40-49)41-52-54(50-25-9-3-10-26-50)51-27-11-4-12-28-51/h1-41H/b21-13-,22-14-,23-15-,24-16+,52-41-. The molecule has 3 nitrogen and oxygen atoms in total. The lowest BCUT2D eigenvalue weighted by molar-refractivity contribution is 1.09. The summed E-state index contributed by atoms with van der Waals surface area (Å²) < 4.78 is 0. The van der Waals surface area contributed by atoms with Gasteiger partial charge in [-0.25, -0.2) is 5.01 Å². The van der Waals surface area contributed by atoms with E-state index in [1.807, 2.05) is 59.8 Å². The van der Waals surface area contributed by atoms with Crippen molar-refractivity contribution in [2.45, 2.75) is 0 Å². The van der Waals surface area contributed by atoms with Gasteiger partial charge in [0.05, 0.1) is 17.6 Å². The predicted octanol–water partition coefficient (Wildman–Crippen LogP) is 13.8. The summed E-state index contributed by atoms with van der Waals surface area (Å²) in [6.07, 6.45) is 18.7. The van der Waals surface area contributed by atoms with Crippen LogP contribution in [0.4, 0.5) is 28.4 Å². The summed E-state index contributed by atoms with van der Waals surface area (Å²) in [5.41, 5.74) is 10.8. The van der Waals surface area contributed by atoms with E-state index in [0.29, 0.717) is 0 Å². The third-order valence-corrected chi connectivity index (χ3v) is 8.75. The minimum Gasteiger partial charge on any atom is -0.311 e. The number of rotatable bonds is 13. The Morgan fingerprint density at radius 2 is 0.574 bits per heavy atom. The first-order valence-electron chi connectivity index (χ1n) is 18.1. The van der Waals surface area contributed by atoms with Gasteiger partial charge in [0.1, 0.15) is 0 Å². The maximum Gasteiger partial charge on any atom is 0.0652 e. The molecule has 0 aliphatic carbocycles. The maximum absolute atomic E-state index is 4.91. The highest BCUT2D eigenvalue weighted by atomic mass is 15.5. The number of para-hydroxylation sites is 2. The summed E-state index contributed by atoms with van der Waals surface area (Å²) in [5, 5.41) is 6.87. The molecule has 7 aromatic carbocycles. The highest BCUT2D eigenvalue weighted by Crippen LogP contribution is 2.35. The van der Waals surface area contributed by atoms with Gasteiger partial charge in [-0.1, -0.05) is 182 Å². The summed E-state index contributed by atoms with van der Waals surface area (Å²) in [6.45, 7) is 0. The van der Waals surface area contributed by atoms with Crippen molar-refractivity contribution in [3.8, 4) is 0 Å². The Labute approximate surface area is 319 Å². The van der Waals surface area contributed by atoms with E-state index in [1.165, 1.54) is 11.1 Å². The van der Waals surface area contributed by atoms with E-state index >= 15 is 0 Å². The molecule has 0 aliphatic heterocycles. The third kappa shape index (κ3) is 9.75. The van der Waals surface area contributed by atoms with Crippen molar-refractivity contribution in [3.05, 3.63) is 246 Å². The zero-order valence-electron chi connectivity index (χ0n) is 30.0. The number of benzene rings is 7. The molecule has 260 valence electrons. The Bertz CT molecular complexity index is 2180. The fourth-order valence-electron chi connectivity index (χ4n) is 5.97. The lowest BCUT2D eigenvalue weighted by atomic mass is 10.1. The molecule has 0 bridgehead atoms. The smallest absolute Gasteiger partial charge is 0.0652 e. The van der Waals surface area contributed by atoms with Crippen molar-refractivity contribution in [2.24, 2.45) is 5.10 Å². The largest absolute Gasteiger partial charge is 0.311 e. The van der Waals surface area contributed by atoms with Crippen molar-refractivity contribution < 1.29 is 0 Å². The zero-order valence-corrected chi connectivity index (χ0v) is 30.0. The Balaban J connectivity index is 1.13. The van der Waals surface area contributed by atoms with Gasteiger partial charge in [0.2, 0.25) is 0 Å². The van der Waals surface area contributed by atoms with Crippen molar-refractivity contribution in [2.75, 3.05) is 9.91 Å². The van der Waals surface area contributed by atoms with Crippen molar-refractivity contribution in [1.29, 1.82) is 0 Å². The Hall–Kier alpha value is -7.23. The fraction of sp³-hybridized carbons (Fsp3) is 0. The third-order valence-electron chi connectivity index (χ3n) is 8.75. The second-order valence-electron chi connectivity index (χ2n) is 12.6. The van der Waals surface area contributed by atoms with Gasteiger partial charge in [0.25, 0.3) is 0 Å². The SMILES string of the molecule is C(/C=C\c1ccc(N(c2ccc(/C=N\N(c3ccccc3)c3ccccc3)cc2)c2ccc(/C=C/C=C\c3ccccc3)cc2)cc1)=C/c1ccccc1. The normalized spacial score (nSPS) is 11.7. The van der Waals surface area contributed by atoms with E-state index in [4.69, 9.17) is 5.10 Å². The molecular weight excluding hydrogens is 655 g/mol. The van der Waals surface area contributed by atoms with Crippen LogP contribution in [-0.2, 0) is 0 Å². The van der Waals surface area contributed by atoms with Gasteiger partial charge in [0.15, 0.2) is 0 Å².